The molecule has 2 N–H and O–H groups in total. The molecule has 53 heavy (non-hydrogen) atoms. The molecule has 3 aromatic carbocycles. The van der Waals surface area contributed by atoms with Crippen LogP contribution in [0, 0.1) is 0 Å². The van der Waals surface area contributed by atoms with Crippen molar-refractivity contribution in [2.45, 2.75) is 82.4 Å². The van der Waals surface area contributed by atoms with Crippen LogP contribution in [-0.2, 0) is 29.0 Å². The smallest absolute Gasteiger partial charge is 0.305 e. The molecule has 4 atom stereocenters. The molecule has 0 amide bonds. The van der Waals surface area contributed by atoms with Gasteiger partial charge >= 0.3 is 5.97 Å². The second-order valence-corrected chi connectivity index (χ2v) is 19.4. The highest BCUT2D eigenvalue weighted by atomic mass is 28.4. The molecule has 0 radical (unpaired) electrons. The van der Waals surface area contributed by atoms with Gasteiger partial charge in [-0.25, -0.2) is 15.0 Å². The van der Waals surface area contributed by atoms with E-state index in [4.69, 9.17) is 33.8 Å². The lowest BCUT2D eigenvalue weighted by Crippen LogP contribution is -2.50. The third kappa shape index (κ3) is 7.39. The Morgan fingerprint density at radius 1 is 0.887 bits per heavy atom. The van der Waals surface area contributed by atoms with Crippen molar-refractivity contribution in [1.29, 1.82) is 0 Å². The van der Waals surface area contributed by atoms with Crippen LogP contribution >= 0.6 is 0 Å². The van der Waals surface area contributed by atoms with E-state index in [0.29, 0.717) is 22.7 Å². The number of fused-ring (bicyclic) bond motifs is 1. The number of hydrogen-bond donors (Lipinski definition) is 1. The van der Waals surface area contributed by atoms with Crippen LogP contribution < -0.4 is 15.2 Å². The zero-order chi connectivity index (χ0) is 38.0. The van der Waals surface area contributed by atoms with Crippen LogP contribution in [0.2, 0.25) is 18.1 Å². The fraction of sp³-hybridized carbons (Fsp3) is 0.400. The number of hydrogen-bond acceptors (Lipinski definition) is 11. The summed E-state index contributed by atoms with van der Waals surface area (Å²) in [5.41, 5.74) is 8.57. The maximum absolute atomic E-state index is 13.2. The van der Waals surface area contributed by atoms with Crippen molar-refractivity contribution >= 4 is 31.3 Å². The monoisotopic (exact) mass is 743 g/mol. The van der Waals surface area contributed by atoms with E-state index in [0.717, 1.165) is 16.7 Å². The first-order chi connectivity index (χ1) is 25.3. The Kier molecular flexibility index (Phi) is 10.9. The summed E-state index contributed by atoms with van der Waals surface area (Å²) >= 11 is 0. The molecule has 3 heterocycles. The maximum Gasteiger partial charge on any atom is 0.305 e. The molecule has 0 unspecified atom stereocenters. The second-order valence-electron chi connectivity index (χ2n) is 14.6. The molecule has 0 saturated carbocycles. The molecule has 1 aliphatic rings. The molecule has 0 spiro atoms. The van der Waals surface area contributed by atoms with Crippen molar-refractivity contribution < 1.29 is 32.9 Å². The first kappa shape index (κ1) is 37.9. The zero-order valence-electron chi connectivity index (χ0n) is 31.6. The standard InChI is InChI=1S/C40H49N5O7Si/c1-9-32(46)51-34-31(50-38(35(34)52-53(7,8)39(2,3)4)45-25-44-33-36(41)42-24-43-37(33)45)23-49-40(26-13-11-10-12-14-26,27-15-19-29(47-5)20-16-27)28-17-21-30(48-6)22-18-28/h10-22,24-25,31,34-35,38H,9,23H2,1-8H3,(H2,41,42,43)/t31-,34-,35-,38-/m1/s1/i46+2,51+2. The summed E-state index contributed by atoms with van der Waals surface area (Å²) in [4.78, 5) is 26.4. The Balaban J connectivity index is 1.49. The molecule has 1 aliphatic heterocycles. The number of anilines is 1. The average molecular weight is 744 g/mol. The lowest BCUT2D eigenvalue weighted by atomic mass is 9.80. The largest absolute Gasteiger partial charge is 0.497 e. The van der Waals surface area contributed by atoms with Crippen molar-refractivity contribution in [3.05, 3.63) is 108 Å². The predicted octanol–water partition coefficient (Wildman–Crippen LogP) is 7.04. The van der Waals surface area contributed by atoms with E-state index >= 15 is 0 Å². The van der Waals surface area contributed by atoms with Gasteiger partial charge in [-0.15, -0.1) is 0 Å². The Hall–Kier alpha value is -4.82. The number of nitrogen functional groups attached to an aromatic ring is 1. The molecular weight excluding hydrogens is 695 g/mol. The van der Waals surface area contributed by atoms with Gasteiger partial charge < -0.3 is 33.8 Å². The lowest BCUT2D eigenvalue weighted by molar-refractivity contribution is -0.158. The SMILES string of the molecule is CCC(=[18O])[18O][C@H]1[C@@H](O[Si](C)(C)C(C)(C)C)[C@H](n2cnc3c(N)ncnc32)O[C@@H]1COC(c1ccccc1)(c1ccc(OC)cc1)c1ccc(OC)cc1. The van der Waals surface area contributed by atoms with Gasteiger partial charge in [0.25, 0.3) is 0 Å². The minimum absolute atomic E-state index is 0.00618. The molecular formula is C40H49N5O7Si. The molecule has 2 aromatic heterocycles. The average Bonchev–Trinajstić information content (AvgIpc) is 3.73. The van der Waals surface area contributed by atoms with Gasteiger partial charge in [0.2, 0.25) is 0 Å². The number of carbonyl (C=O) groups excluding carboxylic acids is 1. The minimum Gasteiger partial charge on any atom is -0.497 e. The van der Waals surface area contributed by atoms with E-state index < -0.39 is 38.5 Å². The van der Waals surface area contributed by atoms with E-state index in [2.05, 4.69) is 48.8 Å². The van der Waals surface area contributed by atoms with Gasteiger partial charge in [-0.1, -0.05) is 82.3 Å². The highest BCUT2D eigenvalue weighted by Crippen LogP contribution is 2.46. The lowest BCUT2D eigenvalue weighted by Gasteiger charge is -2.40. The van der Waals surface area contributed by atoms with Gasteiger partial charge in [0, 0.05) is 6.42 Å². The number of rotatable bonds is 13. The van der Waals surface area contributed by atoms with Crippen LogP contribution in [0.25, 0.3) is 11.2 Å². The number of benzene rings is 3. The minimum atomic E-state index is -2.50. The number of nitrogens with zero attached hydrogens (tertiary/aromatic N) is 4. The number of imidazole rings is 1. The van der Waals surface area contributed by atoms with Crippen LogP contribution in [0.5, 0.6) is 11.5 Å². The summed E-state index contributed by atoms with van der Waals surface area (Å²) in [6.07, 6.45) is 0.0289. The summed E-state index contributed by atoms with van der Waals surface area (Å²) in [5.74, 6) is 1.28. The highest BCUT2D eigenvalue weighted by molar-refractivity contribution is 6.74. The fourth-order valence-corrected chi connectivity index (χ4v) is 7.71. The first-order valence-electron chi connectivity index (χ1n) is 17.8. The van der Waals surface area contributed by atoms with Crippen molar-refractivity contribution in [3.8, 4) is 11.5 Å². The summed E-state index contributed by atoms with van der Waals surface area (Å²) in [6, 6.07) is 25.6. The molecule has 280 valence electrons. The van der Waals surface area contributed by atoms with E-state index in [1.807, 2.05) is 78.9 Å². The van der Waals surface area contributed by atoms with Crippen molar-refractivity contribution in [2.24, 2.45) is 0 Å². The number of esters is 1. The van der Waals surface area contributed by atoms with Gasteiger partial charge in [0.15, 0.2) is 32.1 Å². The third-order valence-electron chi connectivity index (χ3n) is 10.4. The topological polar surface area (TPSA) is 142 Å². The molecule has 5 aromatic rings. The molecule has 13 heteroatoms. The molecule has 6 rings (SSSR count). The van der Waals surface area contributed by atoms with Gasteiger partial charge in [0.05, 0.1) is 27.2 Å². The number of methoxy groups -OCH3 is 2. The Labute approximate surface area is 311 Å². The normalized spacial score (nSPS) is 19.3. The predicted molar refractivity (Wildman–Crippen MR) is 204 cm³/mol. The van der Waals surface area contributed by atoms with E-state index in [1.165, 1.54) is 6.33 Å². The molecule has 0 aliphatic carbocycles. The second kappa shape index (κ2) is 15.3. The first-order valence-corrected chi connectivity index (χ1v) is 20.7. The van der Waals surface area contributed by atoms with Crippen LogP contribution in [0.4, 0.5) is 5.82 Å². The van der Waals surface area contributed by atoms with E-state index in [9.17, 15) is 4.79 Å². The van der Waals surface area contributed by atoms with Crippen molar-refractivity contribution in [2.75, 3.05) is 26.6 Å². The van der Waals surface area contributed by atoms with Crippen LogP contribution in [0.1, 0.15) is 57.0 Å². The van der Waals surface area contributed by atoms with Crippen LogP contribution in [0.15, 0.2) is 91.5 Å². The number of carbonyl (C=O) groups is 1. The number of nitrogens with two attached hydrogens (primary N) is 1. The van der Waals surface area contributed by atoms with Gasteiger partial charge in [-0.3, -0.25) is 9.36 Å². The van der Waals surface area contributed by atoms with Gasteiger partial charge in [-0.2, -0.15) is 0 Å². The van der Waals surface area contributed by atoms with Crippen molar-refractivity contribution in [3.63, 3.8) is 0 Å². The number of aromatic nitrogens is 4. The molecule has 1 fully saturated rings. The quantitative estimate of drug-likeness (QED) is 0.0574. The summed E-state index contributed by atoms with van der Waals surface area (Å²) < 4.78 is 40.5. The molecule has 0 bridgehead atoms. The Morgan fingerprint density at radius 3 is 2.02 bits per heavy atom. The summed E-state index contributed by atoms with van der Waals surface area (Å²) in [7, 11) is 0.774. The van der Waals surface area contributed by atoms with Crippen LogP contribution in [-0.4, -0.2) is 72.9 Å². The fourth-order valence-electron chi connectivity index (χ4n) is 6.42. The zero-order valence-corrected chi connectivity index (χ0v) is 32.6. The van der Waals surface area contributed by atoms with Crippen LogP contribution in [0.3, 0.4) is 0 Å². The molecule has 12 nitrogen and oxygen atoms in total. The van der Waals surface area contributed by atoms with Crippen molar-refractivity contribution in [1.82, 2.24) is 19.5 Å². The third-order valence-corrected chi connectivity index (χ3v) is 14.9. The maximum atomic E-state index is 13.2. The van der Waals surface area contributed by atoms with Gasteiger partial charge in [-0.05, 0) is 59.1 Å². The summed E-state index contributed by atoms with van der Waals surface area (Å²) in [5, 5.41) is -0.166. The van der Waals surface area contributed by atoms with Gasteiger partial charge in [0.1, 0.15) is 41.2 Å². The molecule has 1 saturated heterocycles. The summed E-state index contributed by atoms with van der Waals surface area (Å²) in [6.45, 7) is 12.6. The Morgan fingerprint density at radius 2 is 1.47 bits per heavy atom. The number of ether oxygens (including phenoxy) is 5. The highest BCUT2D eigenvalue weighted by Gasteiger charge is 2.54. The van der Waals surface area contributed by atoms with E-state index in [1.54, 1.807) is 32.0 Å². The van der Waals surface area contributed by atoms with E-state index in [-0.39, 0.29) is 29.9 Å². The Bertz CT molecular complexity index is 1950.